The molecule has 1 unspecified atom stereocenters. The first kappa shape index (κ1) is 13.8. The van der Waals surface area contributed by atoms with Crippen molar-refractivity contribution in [2.45, 2.75) is 32.4 Å². The van der Waals surface area contributed by atoms with E-state index in [1.165, 1.54) is 10.9 Å². The smallest absolute Gasteiger partial charge is 0.146 e. The molecular formula is C15H20N6. The molecule has 6 heteroatoms. The van der Waals surface area contributed by atoms with Gasteiger partial charge in [0.1, 0.15) is 17.8 Å². The first-order valence-corrected chi connectivity index (χ1v) is 7.20. The van der Waals surface area contributed by atoms with Crippen LogP contribution in [0.25, 0.3) is 11.0 Å². The van der Waals surface area contributed by atoms with Gasteiger partial charge in [0, 0.05) is 30.9 Å². The van der Waals surface area contributed by atoms with Gasteiger partial charge in [-0.05, 0) is 30.5 Å². The van der Waals surface area contributed by atoms with E-state index in [2.05, 4.69) is 38.8 Å². The Bertz CT molecular complexity index is 742. The molecule has 6 nitrogen and oxygen atoms in total. The van der Waals surface area contributed by atoms with Gasteiger partial charge >= 0.3 is 0 Å². The number of aryl methyl sites for hydroxylation is 1. The van der Waals surface area contributed by atoms with Gasteiger partial charge in [-0.3, -0.25) is 4.68 Å². The quantitative estimate of drug-likeness (QED) is 0.770. The first-order valence-electron chi connectivity index (χ1n) is 7.20. The molecule has 0 aliphatic rings. The predicted octanol–water partition coefficient (Wildman–Crippen LogP) is 1.49. The first-order chi connectivity index (χ1) is 10.2. The predicted molar refractivity (Wildman–Crippen MR) is 81.8 cm³/mol. The average Bonchev–Trinajstić information content (AvgIpc) is 3.05. The molecule has 3 rings (SSSR count). The monoisotopic (exact) mass is 284 g/mol. The topological polar surface area (TPSA) is 74.6 Å². The van der Waals surface area contributed by atoms with Gasteiger partial charge in [-0.15, -0.1) is 0 Å². The highest BCUT2D eigenvalue weighted by Crippen LogP contribution is 2.21. The summed E-state index contributed by atoms with van der Waals surface area (Å²) in [6.45, 7) is 2.77. The summed E-state index contributed by atoms with van der Waals surface area (Å²) in [5, 5.41) is 5.28. The fourth-order valence-corrected chi connectivity index (χ4v) is 2.52. The summed E-state index contributed by atoms with van der Waals surface area (Å²) in [4.78, 5) is 8.79. The van der Waals surface area contributed by atoms with E-state index in [1.807, 2.05) is 19.3 Å². The molecule has 110 valence electrons. The van der Waals surface area contributed by atoms with E-state index < -0.39 is 0 Å². The molecule has 0 aromatic carbocycles. The molecule has 2 N–H and O–H groups in total. The molecule has 1 atom stereocenters. The molecule has 0 fully saturated rings. The highest BCUT2D eigenvalue weighted by Gasteiger charge is 2.13. The summed E-state index contributed by atoms with van der Waals surface area (Å²) in [5.41, 5.74) is 8.33. The van der Waals surface area contributed by atoms with Crippen molar-refractivity contribution in [1.29, 1.82) is 0 Å². The number of hydrogen-bond donors (Lipinski definition) is 1. The van der Waals surface area contributed by atoms with E-state index >= 15 is 0 Å². The van der Waals surface area contributed by atoms with Crippen LogP contribution >= 0.6 is 0 Å². The van der Waals surface area contributed by atoms with Gasteiger partial charge in [-0.25, -0.2) is 9.97 Å². The molecule has 0 radical (unpaired) electrons. The summed E-state index contributed by atoms with van der Waals surface area (Å²) in [5.74, 6) is 0.906. The highest BCUT2D eigenvalue weighted by molar-refractivity contribution is 5.80. The standard InChI is InChI=1S/C15H20N6/c1-3-12(16)7-11-8-21(9-14-18-10-19-20(14)2)15-13(11)5-4-6-17-15/h4-6,8,10,12H,3,7,9,16H2,1-2H3. The zero-order valence-electron chi connectivity index (χ0n) is 12.4. The fraction of sp³-hybridized carbons (Fsp3) is 0.400. The zero-order valence-corrected chi connectivity index (χ0v) is 12.4. The van der Waals surface area contributed by atoms with Crippen molar-refractivity contribution in [3.05, 3.63) is 42.2 Å². The van der Waals surface area contributed by atoms with Crippen LogP contribution in [0.4, 0.5) is 0 Å². The van der Waals surface area contributed by atoms with Gasteiger partial charge in [0.15, 0.2) is 0 Å². The number of nitrogens with two attached hydrogens (primary N) is 1. The second-order valence-corrected chi connectivity index (χ2v) is 5.33. The Morgan fingerprint density at radius 2 is 2.19 bits per heavy atom. The molecule has 0 aliphatic carbocycles. The normalized spacial score (nSPS) is 12.9. The van der Waals surface area contributed by atoms with Crippen molar-refractivity contribution >= 4 is 11.0 Å². The molecule has 0 bridgehead atoms. The summed E-state index contributed by atoms with van der Waals surface area (Å²) >= 11 is 0. The molecule has 0 amide bonds. The van der Waals surface area contributed by atoms with Crippen molar-refractivity contribution in [2.24, 2.45) is 12.8 Å². The van der Waals surface area contributed by atoms with Gasteiger partial charge in [0.25, 0.3) is 0 Å². The maximum atomic E-state index is 6.11. The van der Waals surface area contributed by atoms with Crippen LogP contribution in [0, 0.1) is 0 Å². The SMILES string of the molecule is CCC(N)Cc1cn(Cc2ncnn2C)c2ncccc12. The van der Waals surface area contributed by atoms with Crippen LogP contribution in [0.3, 0.4) is 0 Å². The number of fused-ring (bicyclic) bond motifs is 1. The number of rotatable bonds is 5. The Labute approximate surface area is 123 Å². The minimum Gasteiger partial charge on any atom is -0.327 e. The molecule has 0 saturated heterocycles. The van der Waals surface area contributed by atoms with Crippen molar-refractivity contribution in [3.63, 3.8) is 0 Å². The van der Waals surface area contributed by atoms with E-state index in [9.17, 15) is 0 Å². The summed E-state index contributed by atoms with van der Waals surface area (Å²) in [6, 6.07) is 4.25. The number of aromatic nitrogens is 5. The minimum absolute atomic E-state index is 0.180. The zero-order chi connectivity index (χ0) is 14.8. The minimum atomic E-state index is 0.180. The van der Waals surface area contributed by atoms with Gasteiger partial charge < -0.3 is 10.3 Å². The van der Waals surface area contributed by atoms with Gasteiger partial charge in [-0.1, -0.05) is 6.92 Å². The molecule has 3 heterocycles. The van der Waals surface area contributed by atoms with E-state index in [-0.39, 0.29) is 6.04 Å². The largest absolute Gasteiger partial charge is 0.327 e. The van der Waals surface area contributed by atoms with E-state index in [4.69, 9.17) is 5.73 Å². The molecule has 21 heavy (non-hydrogen) atoms. The van der Waals surface area contributed by atoms with Crippen LogP contribution < -0.4 is 5.73 Å². The second kappa shape index (κ2) is 5.65. The van der Waals surface area contributed by atoms with Crippen molar-refractivity contribution in [1.82, 2.24) is 24.3 Å². The maximum Gasteiger partial charge on any atom is 0.146 e. The van der Waals surface area contributed by atoms with Crippen LogP contribution in [-0.4, -0.2) is 30.4 Å². The third kappa shape index (κ3) is 2.67. The lowest BCUT2D eigenvalue weighted by Gasteiger charge is -2.06. The number of hydrogen-bond acceptors (Lipinski definition) is 4. The lowest BCUT2D eigenvalue weighted by molar-refractivity contribution is 0.640. The van der Waals surface area contributed by atoms with E-state index in [0.717, 1.165) is 24.3 Å². The summed E-state index contributed by atoms with van der Waals surface area (Å²) < 4.78 is 3.91. The third-order valence-corrected chi connectivity index (χ3v) is 3.84. The fourth-order valence-electron chi connectivity index (χ4n) is 2.52. The Morgan fingerprint density at radius 3 is 2.90 bits per heavy atom. The number of nitrogens with zero attached hydrogens (tertiary/aromatic N) is 5. The van der Waals surface area contributed by atoms with Crippen LogP contribution in [0.15, 0.2) is 30.9 Å². The Kier molecular flexibility index (Phi) is 3.70. The van der Waals surface area contributed by atoms with Crippen molar-refractivity contribution in [2.75, 3.05) is 0 Å². The Balaban J connectivity index is 2.00. The van der Waals surface area contributed by atoms with E-state index in [0.29, 0.717) is 6.54 Å². The van der Waals surface area contributed by atoms with E-state index in [1.54, 1.807) is 11.0 Å². The lowest BCUT2D eigenvalue weighted by atomic mass is 10.1. The summed E-state index contributed by atoms with van der Waals surface area (Å²) in [6.07, 6.45) is 7.37. The van der Waals surface area contributed by atoms with Gasteiger partial charge in [-0.2, -0.15) is 5.10 Å². The van der Waals surface area contributed by atoms with Crippen LogP contribution in [0.1, 0.15) is 24.7 Å². The molecular weight excluding hydrogens is 264 g/mol. The van der Waals surface area contributed by atoms with Crippen molar-refractivity contribution in [3.8, 4) is 0 Å². The van der Waals surface area contributed by atoms with Crippen LogP contribution in [0.2, 0.25) is 0 Å². The molecule has 0 aliphatic heterocycles. The number of pyridine rings is 1. The molecule has 0 saturated carbocycles. The van der Waals surface area contributed by atoms with Crippen molar-refractivity contribution < 1.29 is 0 Å². The second-order valence-electron chi connectivity index (χ2n) is 5.33. The van der Waals surface area contributed by atoms with Crippen LogP contribution in [0.5, 0.6) is 0 Å². The summed E-state index contributed by atoms with van der Waals surface area (Å²) in [7, 11) is 1.90. The van der Waals surface area contributed by atoms with Crippen LogP contribution in [-0.2, 0) is 20.0 Å². The molecule has 3 aromatic rings. The van der Waals surface area contributed by atoms with Gasteiger partial charge in [0.05, 0.1) is 6.54 Å². The van der Waals surface area contributed by atoms with Gasteiger partial charge in [0.2, 0.25) is 0 Å². The third-order valence-electron chi connectivity index (χ3n) is 3.84. The highest BCUT2D eigenvalue weighted by atomic mass is 15.3. The average molecular weight is 284 g/mol. The Hall–Kier alpha value is -2.21. The molecule has 3 aromatic heterocycles. The molecule has 0 spiro atoms. The Morgan fingerprint density at radius 1 is 1.33 bits per heavy atom. The lowest BCUT2D eigenvalue weighted by Crippen LogP contribution is -2.21. The maximum absolute atomic E-state index is 6.11.